The van der Waals surface area contributed by atoms with E-state index in [2.05, 4.69) is 0 Å². The van der Waals surface area contributed by atoms with Crippen LogP contribution in [0.2, 0.25) is 0 Å². The lowest BCUT2D eigenvalue weighted by Gasteiger charge is -2.34. The van der Waals surface area contributed by atoms with Crippen molar-refractivity contribution in [2.45, 2.75) is 45.3 Å². The number of aliphatic carboxylic acids is 1. The van der Waals surface area contributed by atoms with E-state index in [0.717, 1.165) is 0 Å². The molecule has 1 aliphatic rings. The van der Waals surface area contributed by atoms with Crippen molar-refractivity contribution >= 4 is 12.1 Å². The third-order valence-electron chi connectivity index (χ3n) is 3.06. The number of carbonyl (C=O) groups is 2. The van der Waals surface area contributed by atoms with Crippen molar-refractivity contribution in [3.8, 4) is 0 Å². The molecule has 1 heterocycles. The third-order valence-corrected chi connectivity index (χ3v) is 3.06. The maximum absolute atomic E-state index is 12.0. The Labute approximate surface area is 113 Å². The largest absolute Gasteiger partial charge is 0.480 e. The summed E-state index contributed by atoms with van der Waals surface area (Å²) in [6.07, 6.45) is 0.681. The normalized spacial score (nSPS) is 18.7. The average molecular weight is 273 g/mol. The Morgan fingerprint density at radius 1 is 1.32 bits per heavy atom. The number of hydrogen-bond acceptors (Lipinski definition) is 4. The smallest absolute Gasteiger partial charge is 0.410 e. The van der Waals surface area contributed by atoms with Gasteiger partial charge in [-0.3, -0.25) is 4.90 Å². The highest BCUT2D eigenvalue weighted by Gasteiger charge is 2.37. The quantitative estimate of drug-likeness (QED) is 0.847. The molecule has 1 atom stereocenters. The first-order valence-electron chi connectivity index (χ1n) is 6.48. The number of likely N-dealkylation sites (N-methyl/N-ethyl adjacent to an activating group) is 1. The minimum absolute atomic E-state index is 0.0937. The Hall–Kier alpha value is -1.30. The molecule has 1 amide bonds. The summed E-state index contributed by atoms with van der Waals surface area (Å²) in [5.41, 5.74) is -0.635. The molecule has 1 saturated heterocycles. The average Bonchev–Trinajstić information content (AvgIpc) is 2.27. The summed E-state index contributed by atoms with van der Waals surface area (Å²) in [4.78, 5) is 24.6. The lowest BCUT2D eigenvalue weighted by molar-refractivity contribution is -0.146. The molecule has 6 nitrogen and oxygen atoms in total. The van der Waals surface area contributed by atoms with Gasteiger partial charge < -0.3 is 14.6 Å². The second-order valence-electron chi connectivity index (χ2n) is 5.82. The van der Waals surface area contributed by atoms with Gasteiger partial charge in [-0.15, -0.1) is 0 Å². The minimum Gasteiger partial charge on any atom is -0.480 e. The van der Waals surface area contributed by atoms with Crippen LogP contribution in [0.5, 0.6) is 0 Å². The Bertz CT molecular complexity index is 330. The second-order valence-corrected chi connectivity index (χ2v) is 5.82. The summed E-state index contributed by atoms with van der Waals surface area (Å²) < 4.78 is 10.4. The second kappa shape index (κ2) is 6.23. The first-order valence-corrected chi connectivity index (χ1v) is 6.48. The molecule has 0 saturated carbocycles. The molecule has 1 aliphatic heterocycles. The molecule has 1 unspecified atom stereocenters. The highest BCUT2D eigenvalue weighted by Crippen LogP contribution is 2.23. The van der Waals surface area contributed by atoms with Gasteiger partial charge in [-0.1, -0.05) is 0 Å². The summed E-state index contributed by atoms with van der Waals surface area (Å²) >= 11 is 0. The van der Waals surface area contributed by atoms with Crippen LogP contribution in [-0.2, 0) is 14.3 Å². The summed E-state index contributed by atoms with van der Waals surface area (Å²) in [6, 6.07) is -0.862. The standard InChI is InChI=1S/C13H23NO5/c1-13(2,3)19-12(17)14(4)10(11(15)16)9-5-7-18-8-6-9/h9-10H,5-8H2,1-4H3,(H,15,16). The molecule has 1 fully saturated rings. The van der Waals surface area contributed by atoms with Gasteiger partial charge in [-0.05, 0) is 39.5 Å². The van der Waals surface area contributed by atoms with Crippen LogP contribution in [0, 0.1) is 5.92 Å². The molecule has 19 heavy (non-hydrogen) atoms. The van der Waals surface area contributed by atoms with Crippen LogP contribution in [0.3, 0.4) is 0 Å². The molecule has 110 valence electrons. The fraction of sp³-hybridized carbons (Fsp3) is 0.846. The van der Waals surface area contributed by atoms with Crippen molar-refractivity contribution in [2.75, 3.05) is 20.3 Å². The Morgan fingerprint density at radius 2 is 1.84 bits per heavy atom. The van der Waals surface area contributed by atoms with Crippen LogP contribution in [0.25, 0.3) is 0 Å². The molecule has 0 aromatic carbocycles. The Kier molecular flexibility index (Phi) is 5.17. The zero-order valence-corrected chi connectivity index (χ0v) is 12.0. The van der Waals surface area contributed by atoms with E-state index >= 15 is 0 Å². The molecular weight excluding hydrogens is 250 g/mol. The maximum atomic E-state index is 12.0. The predicted molar refractivity (Wildman–Crippen MR) is 69.0 cm³/mol. The Balaban J connectivity index is 2.74. The van der Waals surface area contributed by atoms with Crippen LogP contribution < -0.4 is 0 Å². The number of carbonyl (C=O) groups excluding carboxylic acids is 1. The molecule has 6 heteroatoms. The molecule has 0 spiro atoms. The van der Waals surface area contributed by atoms with Crippen molar-refractivity contribution in [3.63, 3.8) is 0 Å². The summed E-state index contributed by atoms with van der Waals surface area (Å²) in [7, 11) is 1.47. The first kappa shape index (κ1) is 15.8. The summed E-state index contributed by atoms with van der Waals surface area (Å²) in [6.45, 7) is 6.34. The van der Waals surface area contributed by atoms with Gasteiger partial charge >= 0.3 is 12.1 Å². The number of carboxylic acids is 1. The highest BCUT2D eigenvalue weighted by atomic mass is 16.6. The molecule has 0 radical (unpaired) electrons. The highest BCUT2D eigenvalue weighted by molar-refractivity contribution is 5.80. The van der Waals surface area contributed by atoms with Gasteiger partial charge in [0.05, 0.1) is 0 Å². The van der Waals surface area contributed by atoms with Crippen molar-refractivity contribution in [1.29, 1.82) is 0 Å². The van der Waals surface area contributed by atoms with Crippen molar-refractivity contribution in [2.24, 2.45) is 5.92 Å². The number of nitrogens with zero attached hydrogens (tertiary/aromatic N) is 1. The van der Waals surface area contributed by atoms with E-state index in [4.69, 9.17) is 9.47 Å². The number of carboxylic acid groups (broad SMARTS) is 1. The molecule has 1 N–H and O–H groups in total. The monoisotopic (exact) mass is 273 g/mol. The molecule has 0 aromatic heterocycles. The fourth-order valence-corrected chi connectivity index (χ4v) is 2.16. The van der Waals surface area contributed by atoms with Crippen LogP contribution in [0.1, 0.15) is 33.6 Å². The van der Waals surface area contributed by atoms with E-state index in [0.29, 0.717) is 26.1 Å². The number of amides is 1. The van der Waals surface area contributed by atoms with Gasteiger partial charge in [0.15, 0.2) is 0 Å². The van der Waals surface area contributed by atoms with Gasteiger partial charge in [0.1, 0.15) is 11.6 Å². The molecule has 0 aliphatic carbocycles. The van der Waals surface area contributed by atoms with E-state index < -0.39 is 23.7 Å². The Morgan fingerprint density at radius 3 is 2.26 bits per heavy atom. The number of hydrogen-bond donors (Lipinski definition) is 1. The lowest BCUT2D eigenvalue weighted by atomic mass is 9.91. The van der Waals surface area contributed by atoms with Crippen LogP contribution in [0.4, 0.5) is 4.79 Å². The van der Waals surface area contributed by atoms with Crippen molar-refractivity contribution in [3.05, 3.63) is 0 Å². The maximum Gasteiger partial charge on any atom is 0.410 e. The predicted octanol–water partition coefficient (Wildman–Crippen LogP) is 1.73. The molecule has 0 bridgehead atoms. The zero-order chi connectivity index (χ0) is 14.6. The molecule has 0 aromatic rings. The number of rotatable bonds is 3. The van der Waals surface area contributed by atoms with E-state index in [-0.39, 0.29) is 5.92 Å². The molecular formula is C13H23NO5. The summed E-state index contributed by atoms with van der Waals surface area (Å²) in [5.74, 6) is -1.09. The zero-order valence-electron chi connectivity index (χ0n) is 12.0. The topological polar surface area (TPSA) is 76.1 Å². The fourth-order valence-electron chi connectivity index (χ4n) is 2.16. The van der Waals surface area contributed by atoms with Crippen LogP contribution >= 0.6 is 0 Å². The number of ether oxygens (including phenoxy) is 2. The summed E-state index contributed by atoms with van der Waals surface area (Å²) in [5, 5.41) is 9.35. The molecule has 1 rings (SSSR count). The van der Waals surface area contributed by atoms with Gasteiger partial charge in [-0.2, -0.15) is 0 Å². The SMILES string of the molecule is CN(C(=O)OC(C)(C)C)C(C(=O)O)C1CCOCC1. The van der Waals surface area contributed by atoms with Crippen molar-refractivity contribution in [1.82, 2.24) is 4.90 Å². The van der Waals surface area contributed by atoms with Gasteiger partial charge in [0.2, 0.25) is 0 Å². The van der Waals surface area contributed by atoms with Crippen molar-refractivity contribution < 1.29 is 24.2 Å². The van der Waals surface area contributed by atoms with Crippen LogP contribution in [0.15, 0.2) is 0 Å². The van der Waals surface area contributed by atoms with E-state index in [1.807, 2.05) is 0 Å². The lowest BCUT2D eigenvalue weighted by Crippen LogP contribution is -2.49. The first-order chi connectivity index (χ1) is 8.72. The van der Waals surface area contributed by atoms with E-state index in [1.54, 1.807) is 20.8 Å². The van der Waals surface area contributed by atoms with Gasteiger partial charge in [0.25, 0.3) is 0 Å². The van der Waals surface area contributed by atoms with Gasteiger partial charge in [-0.25, -0.2) is 9.59 Å². The minimum atomic E-state index is -1.000. The van der Waals surface area contributed by atoms with Crippen LogP contribution in [-0.4, -0.2) is 54.0 Å². The van der Waals surface area contributed by atoms with E-state index in [9.17, 15) is 14.7 Å². The van der Waals surface area contributed by atoms with Gasteiger partial charge in [0, 0.05) is 20.3 Å². The van der Waals surface area contributed by atoms with E-state index in [1.165, 1.54) is 11.9 Å². The third kappa shape index (κ3) is 4.70.